The number of likely N-dealkylation sites (N-methyl/N-ethyl adjacent to an activating group) is 1. The molecule has 1 atom stereocenters. The standard InChI is InChI=1S/C20H22N8/c1-26-11-15(10-25-26)14-3-4-18(22-9-14)27(2)16-6-8-28(12-16)20-17-5-7-21-19(17)23-13-24-20/h3-5,7,9-11,13,16H,6,8,12H2,1-2H3,(H,21,23,24). The third-order valence-corrected chi connectivity index (χ3v) is 5.49. The Hall–Kier alpha value is -3.42. The van der Waals surface area contributed by atoms with Crippen molar-refractivity contribution < 1.29 is 0 Å². The van der Waals surface area contributed by atoms with Crippen molar-refractivity contribution in [3.8, 4) is 11.1 Å². The molecule has 4 aromatic rings. The number of nitrogens with one attached hydrogen (secondary N) is 1. The molecular formula is C20H22N8. The summed E-state index contributed by atoms with van der Waals surface area (Å²) in [6, 6.07) is 6.62. The molecule has 1 N–H and O–H groups in total. The van der Waals surface area contributed by atoms with Crippen LogP contribution in [0.5, 0.6) is 0 Å². The summed E-state index contributed by atoms with van der Waals surface area (Å²) in [5.74, 6) is 1.98. The van der Waals surface area contributed by atoms with Crippen LogP contribution in [0.1, 0.15) is 6.42 Å². The van der Waals surface area contributed by atoms with Crippen molar-refractivity contribution in [2.24, 2.45) is 7.05 Å². The second kappa shape index (κ2) is 6.63. The van der Waals surface area contributed by atoms with E-state index in [0.717, 1.165) is 53.3 Å². The topological polar surface area (TPSA) is 78.8 Å². The summed E-state index contributed by atoms with van der Waals surface area (Å²) in [4.78, 5) is 21.3. The van der Waals surface area contributed by atoms with Gasteiger partial charge >= 0.3 is 0 Å². The molecule has 1 fully saturated rings. The highest BCUT2D eigenvalue weighted by molar-refractivity contribution is 5.87. The molecule has 5 rings (SSSR count). The average molecular weight is 374 g/mol. The minimum absolute atomic E-state index is 0.390. The van der Waals surface area contributed by atoms with Gasteiger partial charge in [0.2, 0.25) is 0 Å². The summed E-state index contributed by atoms with van der Waals surface area (Å²) < 4.78 is 1.80. The average Bonchev–Trinajstić information content (AvgIpc) is 3.47. The molecule has 0 aromatic carbocycles. The molecule has 1 saturated heterocycles. The first-order valence-corrected chi connectivity index (χ1v) is 9.40. The maximum absolute atomic E-state index is 4.69. The van der Waals surface area contributed by atoms with Crippen LogP contribution >= 0.6 is 0 Å². The van der Waals surface area contributed by atoms with E-state index in [1.807, 2.05) is 37.9 Å². The van der Waals surface area contributed by atoms with E-state index in [4.69, 9.17) is 0 Å². The van der Waals surface area contributed by atoms with Gasteiger partial charge in [0.05, 0.1) is 11.6 Å². The van der Waals surface area contributed by atoms with Gasteiger partial charge in [-0.25, -0.2) is 15.0 Å². The van der Waals surface area contributed by atoms with Crippen LogP contribution in [0.15, 0.2) is 49.3 Å². The van der Waals surface area contributed by atoms with E-state index in [2.05, 4.69) is 54.0 Å². The van der Waals surface area contributed by atoms with Crippen LogP contribution in [0.2, 0.25) is 0 Å². The summed E-state index contributed by atoms with van der Waals surface area (Å²) in [6.07, 6.45) is 10.4. The van der Waals surface area contributed by atoms with E-state index in [1.165, 1.54) is 0 Å². The zero-order valence-corrected chi connectivity index (χ0v) is 15.9. The Balaban J connectivity index is 1.32. The summed E-state index contributed by atoms with van der Waals surface area (Å²) >= 11 is 0. The number of nitrogens with zero attached hydrogens (tertiary/aromatic N) is 7. The minimum atomic E-state index is 0.390. The first-order chi connectivity index (χ1) is 13.7. The number of hydrogen-bond donors (Lipinski definition) is 1. The smallest absolute Gasteiger partial charge is 0.142 e. The second-order valence-corrected chi connectivity index (χ2v) is 7.24. The molecule has 8 heteroatoms. The summed E-state index contributed by atoms with van der Waals surface area (Å²) in [5.41, 5.74) is 3.04. The van der Waals surface area contributed by atoms with Gasteiger partial charge < -0.3 is 14.8 Å². The molecule has 0 bridgehead atoms. The molecule has 4 aromatic heterocycles. The van der Waals surface area contributed by atoms with Gasteiger partial charge in [-0.2, -0.15) is 5.10 Å². The largest absolute Gasteiger partial charge is 0.355 e. The van der Waals surface area contributed by atoms with Gasteiger partial charge in [-0.15, -0.1) is 0 Å². The molecule has 0 amide bonds. The van der Waals surface area contributed by atoms with Crippen LogP contribution in [0.4, 0.5) is 11.6 Å². The molecule has 142 valence electrons. The maximum Gasteiger partial charge on any atom is 0.142 e. The molecule has 5 heterocycles. The lowest BCUT2D eigenvalue weighted by Gasteiger charge is -2.26. The molecule has 0 spiro atoms. The van der Waals surface area contributed by atoms with E-state index >= 15 is 0 Å². The summed E-state index contributed by atoms with van der Waals surface area (Å²) in [6.45, 7) is 1.89. The molecule has 0 radical (unpaired) electrons. The molecule has 1 aliphatic rings. The van der Waals surface area contributed by atoms with Crippen molar-refractivity contribution in [2.75, 3.05) is 29.9 Å². The van der Waals surface area contributed by atoms with E-state index in [0.29, 0.717) is 6.04 Å². The lowest BCUT2D eigenvalue weighted by Crippen LogP contribution is -2.35. The quantitative estimate of drug-likeness (QED) is 0.591. The normalized spacial score (nSPS) is 16.8. The van der Waals surface area contributed by atoms with Gasteiger partial charge in [0.25, 0.3) is 0 Å². The summed E-state index contributed by atoms with van der Waals surface area (Å²) in [5, 5.41) is 5.30. The van der Waals surface area contributed by atoms with E-state index in [-0.39, 0.29) is 0 Å². The predicted octanol–water partition coefficient (Wildman–Crippen LogP) is 2.47. The second-order valence-electron chi connectivity index (χ2n) is 7.24. The van der Waals surface area contributed by atoms with E-state index < -0.39 is 0 Å². The van der Waals surface area contributed by atoms with Gasteiger partial charge in [-0.05, 0) is 24.6 Å². The third kappa shape index (κ3) is 2.87. The van der Waals surface area contributed by atoms with Crippen LogP contribution < -0.4 is 9.80 Å². The minimum Gasteiger partial charge on any atom is -0.355 e. The Morgan fingerprint density at radius 3 is 2.82 bits per heavy atom. The van der Waals surface area contributed by atoms with Crippen molar-refractivity contribution in [1.82, 2.24) is 29.7 Å². The monoisotopic (exact) mass is 374 g/mol. The Bertz CT molecular complexity index is 1100. The number of rotatable bonds is 4. The Kier molecular flexibility index (Phi) is 3.96. The fourth-order valence-electron chi connectivity index (χ4n) is 3.88. The van der Waals surface area contributed by atoms with Gasteiger partial charge in [0.15, 0.2) is 0 Å². The Morgan fingerprint density at radius 2 is 2.04 bits per heavy atom. The number of H-pyrrole nitrogens is 1. The zero-order chi connectivity index (χ0) is 19.1. The highest BCUT2D eigenvalue weighted by atomic mass is 15.3. The molecule has 8 nitrogen and oxygen atoms in total. The number of aromatic amines is 1. The van der Waals surface area contributed by atoms with Gasteiger partial charge in [0.1, 0.15) is 23.6 Å². The lowest BCUT2D eigenvalue weighted by atomic mass is 10.1. The number of pyridine rings is 1. The molecular weight excluding hydrogens is 352 g/mol. The third-order valence-electron chi connectivity index (χ3n) is 5.49. The van der Waals surface area contributed by atoms with Crippen molar-refractivity contribution in [1.29, 1.82) is 0 Å². The van der Waals surface area contributed by atoms with Crippen molar-refractivity contribution in [2.45, 2.75) is 12.5 Å². The van der Waals surface area contributed by atoms with Crippen LogP contribution in [0.3, 0.4) is 0 Å². The molecule has 1 aliphatic heterocycles. The predicted molar refractivity (Wildman–Crippen MR) is 109 cm³/mol. The van der Waals surface area contributed by atoms with Crippen molar-refractivity contribution in [3.63, 3.8) is 0 Å². The van der Waals surface area contributed by atoms with E-state index in [9.17, 15) is 0 Å². The number of fused-ring (bicyclic) bond motifs is 1. The summed E-state index contributed by atoms with van der Waals surface area (Å²) in [7, 11) is 4.04. The first kappa shape index (κ1) is 16.7. The Labute approximate surface area is 162 Å². The zero-order valence-electron chi connectivity index (χ0n) is 15.9. The number of hydrogen-bond acceptors (Lipinski definition) is 6. The maximum atomic E-state index is 4.69. The first-order valence-electron chi connectivity index (χ1n) is 9.40. The van der Waals surface area contributed by atoms with Crippen LogP contribution in [-0.2, 0) is 7.05 Å². The lowest BCUT2D eigenvalue weighted by molar-refractivity contribution is 0.684. The number of aromatic nitrogens is 6. The highest BCUT2D eigenvalue weighted by Crippen LogP contribution is 2.28. The van der Waals surface area contributed by atoms with Crippen LogP contribution in [0.25, 0.3) is 22.2 Å². The SMILES string of the molecule is CN(c1ccc(-c2cnn(C)c2)cn1)C1CCN(c2ncnc3[nH]ccc23)C1. The van der Waals surface area contributed by atoms with Crippen molar-refractivity contribution in [3.05, 3.63) is 49.3 Å². The van der Waals surface area contributed by atoms with Gasteiger partial charge in [-0.1, -0.05) is 0 Å². The fourth-order valence-corrected chi connectivity index (χ4v) is 3.88. The molecule has 1 unspecified atom stereocenters. The number of aryl methyl sites for hydroxylation is 1. The Morgan fingerprint density at radius 1 is 1.11 bits per heavy atom. The van der Waals surface area contributed by atoms with Crippen LogP contribution in [0, 0.1) is 0 Å². The van der Waals surface area contributed by atoms with E-state index in [1.54, 1.807) is 11.0 Å². The molecule has 28 heavy (non-hydrogen) atoms. The number of anilines is 2. The van der Waals surface area contributed by atoms with Gasteiger partial charge in [0, 0.05) is 62.9 Å². The fraction of sp³-hybridized carbons (Fsp3) is 0.300. The van der Waals surface area contributed by atoms with Gasteiger partial charge in [-0.3, -0.25) is 4.68 Å². The van der Waals surface area contributed by atoms with Crippen molar-refractivity contribution >= 4 is 22.7 Å². The molecule has 0 saturated carbocycles. The highest BCUT2D eigenvalue weighted by Gasteiger charge is 2.28. The van der Waals surface area contributed by atoms with Crippen LogP contribution in [-0.4, -0.2) is 55.9 Å². The molecule has 0 aliphatic carbocycles.